The highest BCUT2D eigenvalue weighted by Gasteiger charge is 2.26. The normalized spacial score (nSPS) is 20.7. The minimum Gasteiger partial charge on any atom is -0.481 e. The predicted molar refractivity (Wildman–Crippen MR) is 91.8 cm³/mol. The lowest BCUT2D eigenvalue weighted by Crippen LogP contribution is -2.44. The van der Waals surface area contributed by atoms with Crippen LogP contribution in [0.3, 0.4) is 0 Å². The van der Waals surface area contributed by atoms with E-state index < -0.39 is 5.97 Å². The highest BCUT2D eigenvalue weighted by molar-refractivity contribution is 7.99. The minimum absolute atomic E-state index is 0.0929. The zero-order valence-electron chi connectivity index (χ0n) is 13.4. The van der Waals surface area contributed by atoms with Crippen LogP contribution in [0.4, 0.5) is 4.79 Å². The molecule has 0 spiro atoms. The number of carbonyl (C=O) groups excluding carboxylic acids is 1. The fourth-order valence-corrected chi connectivity index (χ4v) is 3.46. The highest BCUT2D eigenvalue weighted by Crippen LogP contribution is 2.24. The number of urea groups is 1. The zero-order valence-corrected chi connectivity index (χ0v) is 14.2. The Bertz CT molecular complexity index is 525. The number of aryl methyl sites for hydroxylation is 1. The number of rotatable bonds is 6. The van der Waals surface area contributed by atoms with Gasteiger partial charge in [0.05, 0.1) is 5.92 Å². The molecule has 1 aliphatic rings. The van der Waals surface area contributed by atoms with Crippen molar-refractivity contribution in [1.82, 2.24) is 10.6 Å². The van der Waals surface area contributed by atoms with Crippen LogP contribution in [0.25, 0.3) is 0 Å². The summed E-state index contributed by atoms with van der Waals surface area (Å²) >= 11 is 1.71. The van der Waals surface area contributed by atoms with Gasteiger partial charge in [-0.1, -0.05) is 17.7 Å². The molecule has 6 heteroatoms. The van der Waals surface area contributed by atoms with Gasteiger partial charge < -0.3 is 15.7 Å². The zero-order chi connectivity index (χ0) is 16.7. The Morgan fingerprint density at radius 2 is 1.83 bits per heavy atom. The molecule has 0 aliphatic heterocycles. The van der Waals surface area contributed by atoms with Gasteiger partial charge >= 0.3 is 12.0 Å². The van der Waals surface area contributed by atoms with Crippen molar-refractivity contribution in [2.45, 2.75) is 43.5 Å². The molecule has 0 unspecified atom stereocenters. The summed E-state index contributed by atoms with van der Waals surface area (Å²) in [6.07, 6.45) is 2.76. The first-order chi connectivity index (χ1) is 11.0. The number of carboxylic acid groups (broad SMARTS) is 1. The van der Waals surface area contributed by atoms with Crippen molar-refractivity contribution >= 4 is 23.8 Å². The van der Waals surface area contributed by atoms with E-state index in [1.165, 1.54) is 10.5 Å². The molecule has 1 fully saturated rings. The molecule has 1 aliphatic carbocycles. The quantitative estimate of drug-likeness (QED) is 0.551. The average molecular weight is 336 g/mol. The summed E-state index contributed by atoms with van der Waals surface area (Å²) in [7, 11) is 0. The maximum atomic E-state index is 11.8. The van der Waals surface area contributed by atoms with Crippen LogP contribution in [0.15, 0.2) is 29.2 Å². The molecule has 3 N–H and O–H groups in total. The molecular weight excluding hydrogens is 312 g/mol. The number of thioether (sulfide) groups is 1. The molecule has 0 saturated heterocycles. The Morgan fingerprint density at radius 3 is 2.43 bits per heavy atom. The van der Waals surface area contributed by atoms with Crippen LogP contribution < -0.4 is 10.6 Å². The smallest absolute Gasteiger partial charge is 0.315 e. The maximum absolute atomic E-state index is 11.8. The lowest BCUT2D eigenvalue weighted by molar-refractivity contribution is -0.142. The monoisotopic (exact) mass is 336 g/mol. The second-order valence-corrected chi connectivity index (χ2v) is 7.12. The number of carbonyl (C=O) groups is 2. The predicted octanol–water partition coefficient (Wildman–Crippen LogP) is 3.03. The summed E-state index contributed by atoms with van der Waals surface area (Å²) in [5, 5.41) is 14.7. The number of aliphatic carboxylic acids is 1. The molecule has 1 aromatic rings. The number of carboxylic acids is 1. The molecule has 126 valence electrons. The van der Waals surface area contributed by atoms with E-state index in [-0.39, 0.29) is 18.0 Å². The van der Waals surface area contributed by atoms with Crippen molar-refractivity contribution in [2.24, 2.45) is 5.92 Å². The number of amides is 2. The third-order valence-electron chi connectivity index (χ3n) is 4.09. The lowest BCUT2D eigenvalue weighted by atomic mass is 9.86. The van der Waals surface area contributed by atoms with Crippen molar-refractivity contribution in [2.75, 3.05) is 12.3 Å². The van der Waals surface area contributed by atoms with Crippen molar-refractivity contribution in [3.63, 3.8) is 0 Å². The van der Waals surface area contributed by atoms with E-state index in [1.807, 2.05) is 0 Å². The van der Waals surface area contributed by atoms with Gasteiger partial charge in [-0.05, 0) is 44.7 Å². The largest absolute Gasteiger partial charge is 0.481 e. The minimum atomic E-state index is -0.721. The average Bonchev–Trinajstić information content (AvgIpc) is 2.54. The van der Waals surface area contributed by atoms with E-state index in [9.17, 15) is 9.59 Å². The van der Waals surface area contributed by atoms with Gasteiger partial charge in [0.25, 0.3) is 0 Å². The summed E-state index contributed by atoms with van der Waals surface area (Å²) in [4.78, 5) is 23.9. The molecule has 0 aromatic heterocycles. The molecular formula is C17H24N2O3S. The van der Waals surface area contributed by atoms with Gasteiger partial charge in [0.15, 0.2) is 0 Å². The molecule has 0 radical (unpaired) electrons. The number of benzene rings is 1. The van der Waals surface area contributed by atoms with Crippen molar-refractivity contribution in [3.05, 3.63) is 29.8 Å². The van der Waals surface area contributed by atoms with Gasteiger partial charge in [0.2, 0.25) is 0 Å². The second-order valence-electron chi connectivity index (χ2n) is 5.95. The van der Waals surface area contributed by atoms with Crippen LogP contribution in [0, 0.1) is 12.8 Å². The van der Waals surface area contributed by atoms with E-state index >= 15 is 0 Å². The Hall–Kier alpha value is -1.69. The fourth-order valence-electron chi connectivity index (χ4n) is 2.69. The van der Waals surface area contributed by atoms with Gasteiger partial charge in [-0.25, -0.2) is 4.79 Å². The molecule has 5 nitrogen and oxygen atoms in total. The third-order valence-corrected chi connectivity index (χ3v) is 5.10. The van der Waals surface area contributed by atoms with E-state index in [0.717, 1.165) is 18.6 Å². The number of hydrogen-bond donors (Lipinski definition) is 3. The van der Waals surface area contributed by atoms with Gasteiger partial charge in [0, 0.05) is 23.2 Å². The summed E-state index contributed by atoms with van der Waals surface area (Å²) in [5.74, 6) is -0.148. The van der Waals surface area contributed by atoms with E-state index in [2.05, 4.69) is 41.8 Å². The summed E-state index contributed by atoms with van der Waals surface area (Å²) in [5.41, 5.74) is 1.24. The van der Waals surface area contributed by atoms with E-state index in [1.54, 1.807) is 11.8 Å². The van der Waals surface area contributed by atoms with E-state index in [4.69, 9.17) is 5.11 Å². The first kappa shape index (κ1) is 17.7. The first-order valence-electron chi connectivity index (χ1n) is 8.01. The second kappa shape index (κ2) is 8.82. The van der Waals surface area contributed by atoms with Gasteiger partial charge in [-0.3, -0.25) is 4.79 Å². The van der Waals surface area contributed by atoms with E-state index in [0.29, 0.717) is 19.4 Å². The van der Waals surface area contributed by atoms with Crippen LogP contribution in [0.2, 0.25) is 0 Å². The molecule has 2 amide bonds. The first-order valence-corrected chi connectivity index (χ1v) is 9.00. The van der Waals surface area contributed by atoms with Crippen molar-refractivity contribution < 1.29 is 14.7 Å². The van der Waals surface area contributed by atoms with Gasteiger partial charge in [0.1, 0.15) is 0 Å². The summed E-state index contributed by atoms with van der Waals surface area (Å²) < 4.78 is 0. The standard InChI is InChI=1S/C17H24N2O3S/c1-12-2-8-15(9-3-12)23-11-10-18-17(22)19-14-6-4-13(5-7-14)16(20)21/h2-3,8-9,13-14H,4-7,10-11H2,1H3,(H,20,21)(H2,18,19,22). The third kappa shape index (κ3) is 6.14. The molecule has 1 aromatic carbocycles. The SMILES string of the molecule is Cc1ccc(SCCNC(=O)NC2CCC(C(=O)O)CC2)cc1. The topological polar surface area (TPSA) is 78.4 Å². The van der Waals surface area contributed by atoms with Gasteiger partial charge in [-0.2, -0.15) is 0 Å². The number of nitrogens with one attached hydrogen (secondary N) is 2. The lowest BCUT2D eigenvalue weighted by Gasteiger charge is -2.26. The van der Waals surface area contributed by atoms with Crippen LogP contribution in [0.5, 0.6) is 0 Å². The van der Waals surface area contributed by atoms with Crippen molar-refractivity contribution in [1.29, 1.82) is 0 Å². The molecule has 1 saturated carbocycles. The molecule has 0 heterocycles. The van der Waals surface area contributed by atoms with Crippen LogP contribution in [-0.4, -0.2) is 35.4 Å². The Balaban J connectivity index is 1.58. The summed E-state index contributed by atoms with van der Waals surface area (Å²) in [6.45, 7) is 2.67. The molecule has 0 atom stereocenters. The Morgan fingerprint density at radius 1 is 1.17 bits per heavy atom. The molecule has 0 bridgehead atoms. The molecule has 23 heavy (non-hydrogen) atoms. The number of hydrogen-bond acceptors (Lipinski definition) is 3. The van der Waals surface area contributed by atoms with Crippen LogP contribution in [-0.2, 0) is 4.79 Å². The van der Waals surface area contributed by atoms with Crippen LogP contribution >= 0.6 is 11.8 Å². The van der Waals surface area contributed by atoms with Crippen LogP contribution in [0.1, 0.15) is 31.2 Å². The summed E-state index contributed by atoms with van der Waals surface area (Å²) in [6, 6.07) is 8.26. The van der Waals surface area contributed by atoms with Crippen molar-refractivity contribution in [3.8, 4) is 0 Å². The Kier molecular flexibility index (Phi) is 6.77. The molecule has 2 rings (SSSR count). The Labute approximate surface area is 141 Å². The highest BCUT2D eigenvalue weighted by atomic mass is 32.2. The maximum Gasteiger partial charge on any atom is 0.315 e. The van der Waals surface area contributed by atoms with Gasteiger partial charge in [-0.15, -0.1) is 11.8 Å². The fraction of sp³-hybridized carbons (Fsp3) is 0.529.